The van der Waals surface area contributed by atoms with Gasteiger partial charge in [0.05, 0.1) is 7.11 Å². The molecule has 0 bridgehead atoms. The van der Waals surface area contributed by atoms with Gasteiger partial charge in [-0.15, -0.1) is 11.3 Å². The Labute approximate surface area is 91.6 Å². The summed E-state index contributed by atoms with van der Waals surface area (Å²) >= 11 is 1.32. The number of carbonyl (C=O) groups is 1. The Morgan fingerprint density at radius 3 is 2.73 bits per heavy atom. The third-order valence-electron chi connectivity index (χ3n) is 2.08. The van der Waals surface area contributed by atoms with E-state index in [-0.39, 0.29) is 0 Å². The van der Waals surface area contributed by atoms with E-state index < -0.39 is 5.97 Å². The minimum Gasteiger partial charge on any atom is -0.465 e. The van der Waals surface area contributed by atoms with Crippen LogP contribution in [0.25, 0.3) is 0 Å². The molecule has 0 N–H and O–H groups in total. The molecule has 0 fully saturated rings. The average Bonchev–Trinajstić information content (AvgIpc) is 2.55. The number of nitrogens with zero attached hydrogens (tertiary/aromatic N) is 1. The number of thiophene rings is 1. The van der Waals surface area contributed by atoms with Crippen LogP contribution in [-0.2, 0) is 16.0 Å². The van der Waals surface area contributed by atoms with Gasteiger partial charge >= 0.3 is 5.97 Å². The highest BCUT2D eigenvalue weighted by atomic mass is 32.1. The van der Waals surface area contributed by atoms with Crippen molar-refractivity contribution in [2.75, 3.05) is 7.11 Å². The summed E-state index contributed by atoms with van der Waals surface area (Å²) in [6.45, 7) is 3.81. The smallest absolute Gasteiger partial charge is 0.341 e. The molecule has 1 aromatic rings. The lowest BCUT2D eigenvalue weighted by molar-refractivity contribution is 0.0601. The fourth-order valence-electron chi connectivity index (χ4n) is 1.34. The first-order valence-electron chi connectivity index (χ1n) is 4.44. The standard InChI is InChI=1S/C10H11NO3S/c1-4-7-6(2)8(10(13)14-3)9(15-7)11-5-12/h4H2,1-3H3. The van der Waals surface area contributed by atoms with Crippen LogP contribution < -0.4 is 0 Å². The predicted octanol–water partition coefficient (Wildman–Crippen LogP) is 2.37. The largest absolute Gasteiger partial charge is 0.465 e. The molecule has 80 valence electrons. The fourth-order valence-corrected chi connectivity index (χ4v) is 2.40. The molecule has 0 amide bonds. The average molecular weight is 225 g/mol. The van der Waals surface area contributed by atoms with Gasteiger partial charge in [-0.2, -0.15) is 4.99 Å². The Morgan fingerprint density at radius 2 is 2.27 bits per heavy atom. The molecular formula is C10H11NO3S. The molecular weight excluding hydrogens is 214 g/mol. The van der Waals surface area contributed by atoms with Crippen molar-refractivity contribution in [2.24, 2.45) is 4.99 Å². The third kappa shape index (κ3) is 2.14. The van der Waals surface area contributed by atoms with Gasteiger partial charge in [-0.3, -0.25) is 0 Å². The molecule has 1 rings (SSSR count). The van der Waals surface area contributed by atoms with E-state index in [0.29, 0.717) is 10.6 Å². The Hall–Kier alpha value is -1.45. The van der Waals surface area contributed by atoms with Crippen LogP contribution in [0, 0.1) is 6.92 Å². The first-order chi connectivity index (χ1) is 7.15. The van der Waals surface area contributed by atoms with Crippen LogP contribution in [-0.4, -0.2) is 19.2 Å². The van der Waals surface area contributed by atoms with Crippen LogP contribution in [0.15, 0.2) is 4.99 Å². The maximum atomic E-state index is 11.5. The lowest BCUT2D eigenvalue weighted by Gasteiger charge is -1.98. The zero-order valence-electron chi connectivity index (χ0n) is 8.79. The molecule has 4 nitrogen and oxygen atoms in total. The molecule has 1 heterocycles. The molecule has 0 saturated heterocycles. The molecule has 0 aliphatic carbocycles. The van der Waals surface area contributed by atoms with Gasteiger partial charge in [-0.1, -0.05) is 6.92 Å². The third-order valence-corrected chi connectivity index (χ3v) is 3.41. The Balaban J connectivity index is 3.37. The quantitative estimate of drug-likeness (QED) is 0.451. The summed E-state index contributed by atoms with van der Waals surface area (Å²) in [7, 11) is 1.31. The van der Waals surface area contributed by atoms with Gasteiger partial charge in [0.1, 0.15) is 10.6 Å². The fraction of sp³-hybridized carbons (Fsp3) is 0.400. The van der Waals surface area contributed by atoms with Crippen molar-refractivity contribution in [1.82, 2.24) is 0 Å². The number of methoxy groups -OCH3 is 1. The Morgan fingerprint density at radius 1 is 1.60 bits per heavy atom. The van der Waals surface area contributed by atoms with E-state index in [1.807, 2.05) is 13.8 Å². The SMILES string of the molecule is CCc1sc(N=C=O)c(C(=O)OC)c1C. The van der Waals surface area contributed by atoms with Crippen molar-refractivity contribution in [2.45, 2.75) is 20.3 Å². The number of esters is 1. The summed E-state index contributed by atoms with van der Waals surface area (Å²) in [5.74, 6) is -0.461. The van der Waals surface area contributed by atoms with Crippen LogP contribution >= 0.6 is 11.3 Å². The number of rotatable bonds is 3. The van der Waals surface area contributed by atoms with E-state index in [4.69, 9.17) is 0 Å². The highest BCUT2D eigenvalue weighted by Crippen LogP contribution is 2.35. The zero-order valence-corrected chi connectivity index (χ0v) is 9.60. The van der Waals surface area contributed by atoms with Crippen molar-refractivity contribution in [3.63, 3.8) is 0 Å². The summed E-state index contributed by atoms with van der Waals surface area (Å²) < 4.78 is 4.64. The topological polar surface area (TPSA) is 55.7 Å². The van der Waals surface area contributed by atoms with Gasteiger partial charge in [0.25, 0.3) is 0 Å². The molecule has 0 spiro atoms. The van der Waals surface area contributed by atoms with Crippen molar-refractivity contribution in [3.05, 3.63) is 16.0 Å². The van der Waals surface area contributed by atoms with Crippen molar-refractivity contribution in [3.8, 4) is 0 Å². The van der Waals surface area contributed by atoms with Gasteiger partial charge in [0.15, 0.2) is 0 Å². The Kier molecular flexibility index (Phi) is 3.77. The lowest BCUT2D eigenvalue weighted by atomic mass is 10.1. The Bertz CT molecular complexity index is 430. The number of carbonyl (C=O) groups excluding carboxylic acids is 2. The number of ether oxygens (including phenoxy) is 1. The van der Waals surface area contributed by atoms with Gasteiger partial charge < -0.3 is 4.74 Å². The van der Waals surface area contributed by atoms with E-state index in [0.717, 1.165) is 16.9 Å². The number of isocyanates is 1. The minimum absolute atomic E-state index is 0.378. The highest BCUT2D eigenvalue weighted by Gasteiger charge is 2.20. The van der Waals surface area contributed by atoms with Crippen LogP contribution in [0.5, 0.6) is 0 Å². The van der Waals surface area contributed by atoms with E-state index >= 15 is 0 Å². The van der Waals surface area contributed by atoms with E-state index in [1.54, 1.807) is 0 Å². The summed E-state index contributed by atoms with van der Waals surface area (Å²) in [4.78, 5) is 26.2. The molecule has 0 atom stereocenters. The number of aliphatic imine (C=N–C) groups is 1. The normalized spacial score (nSPS) is 9.53. The van der Waals surface area contributed by atoms with Crippen molar-refractivity contribution < 1.29 is 14.3 Å². The second-order valence-electron chi connectivity index (χ2n) is 2.88. The van der Waals surface area contributed by atoms with Crippen LogP contribution in [0.4, 0.5) is 5.00 Å². The molecule has 0 aliphatic heterocycles. The van der Waals surface area contributed by atoms with E-state index in [2.05, 4.69) is 9.73 Å². The maximum absolute atomic E-state index is 11.5. The number of hydrogen-bond donors (Lipinski definition) is 0. The monoisotopic (exact) mass is 225 g/mol. The number of hydrogen-bond acceptors (Lipinski definition) is 5. The van der Waals surface area contributed by atoms with E-state index in [1.165, 1.54) is 24.5 Å². The second-order valence-corrected chi connectivity index (χ2v) is 3.96. The van der Waals surface area contributed by atoms with Crippen LogP contribution in [0.1, 0.15) is 27.7 Å². The summed E-state index contributed by atoms with van der Waals surface area (Å²) in [6, 6.07) is 0. The summed E-state index contributed by atoms with van der Waals surface area (Å²) in [5.41, 5.74) is 1.21. The second kappa shape index (κ2) is 4.87. The molecule has 0 unspecified atom stereocenters. The molecule has 0 aliphatic rings. The van der Waals surface area contributed by atoms with Gasteiger partial charge in [-0.25, -0.2) is 9.59 Å². The molecule has 0 aromatic carbocycles. The molecule has 5 heteroatoms. The lowest BCUT2D eigenvalue weighted by Crippen LogP contribution is -2.02. The number of aryl methyl sites for hydroxylation is 1. The minimum atomic E-state index is -0.461. The molecule has 0 saturated carbocycles. The van der Waals surface area contributed by atoms with Crippen molar-refractivity contribution in [1.29, 1.82) is 0 Å². The van der Waals surface area contributed by atoms with Gasteiger partial charge in [0.2, 0.25) is 6.08 Å². The maximum Gasteiger partial charge on any atom is 0.341 e. The molecule has 1 aromatic heterocycles. The molecule has 15 heavy (non-hydrogen) atoms. The van der Waals surface area contributed by atoms with E-state index in [9.17, 15) is 9.59 Å². The zero-order chi connectivity index (χ0) is 11.4. The first-order valence-corrected chi connectivity index (χ1v) is 5.25. The summed E-state index contributed by atoms with van der Waals surface area (Å²) in [6.07, 6.45) is 2.25. The van der Waals surface area contributed by atoms with Crippen molar-refractivity contribution >= 4 is 28.4 Å². The van der Waals surface area contributed by atoms with Crippen LogP contribution in [0.2, 0.25) is 0 Å². The first kappa shape index (κ1) is 11.6. The summed E-state index contributed by atoms with van der Waals surface area (Å²) in [5, 5.41) is 0.381. The predicted molar refractivity (Wildman–Crippen MR) is 57.6 cm³/mol. The highest BCUT2D eigenvalue weighted by molar-refractivity contribution is 7.16. The van der Waals surface area contributed by atoms with Crippen LogP contribution in [0.3, 0.4) is 0 Å². The molecule has 0 radical (unpaired) electrons. The van der Waals surface area contributed by atoms with Gasteiger partial charge in [-0.05, 0) is 18.9 Å². The van der Waals surface area contributed by atoms with Gasteiger partial charge in [0, 0.05) is 4.88 Å².